The minimum absolute atomic E-state index is 0.0805. The second-order valence-electron chi connectivity index (χ2n) is 3.57. The molecule has 1 heterocycles. The number of likely N-dealkylation sites (tertiary alicyclic amines) is 1. The fourth-order valence-electron chi connectivity index (χ4n) is 1.68. The molecule has 2 nitrogen and oxygen atoms in total. The van der Waals surface area contributed by atoms with Crippen LogP contribution in [0.2, 0.25) is 0 Å². The molecule has 0 bridgehead atoms. The lowest BCUT2D eigenvalue weighted by molar-refractivity contribution is 0.0451. The first-order valence-electron chi connectivity index (χ1n) is 4.65. The highest BCUT2D eigenvalue weighted by Crippen LogP contribution is 2.16. The normalized spacial score (nSPS) is 32.2. The van der Waals surface area contributed by atoms with Gasteiger partial charge in [0.15, 0.2) is 0 Å². The molecule has 1 N–H and O–H groups in total. The van der Waals surface area contributed by atoms with Crippen LogP contribution in [0.4, 0.5) is 0 Å². The van der Waals surface area contributed by atoms with E-state index < -0.39 is 0 Å². The second kappa shape index (κ2) is 5.10. The molecule has 0 aliphatic carbocycles. The Morgan fingerprint density at radius 2 is 2.25 bits per heavy atom. The lowest BCUT2D eigenvalue weighted by Crippen LogP contribution is -2.44. The third kappa shape index (κ3) is 2.96. The van der Waals surface area contributed by atoms with Crippen molar-refractivity contribution in [3.63, 3.8) is 0 Å². The summed E-state index contributed by atoms with van der Waals surface area (Å²) in [5.41, 5.74) is 0. The lowest BCUT2D eigenvalue weighted by atomic mass is 10.0. The van der Waals surface area contributed by atoms with E-state index >= 15 is 0 Å². The molecule has 0 saturated carbocycles. The van der Waals surface area contributed by atoms with Gasteiger partial charge in [-0.2, -0.15) is 11.8 Å². The van der Waals surface area contributed by atoms with E-state index in [0.717, 1.165) is 25.9 Å². The molecule has 1 rings (SSSR count). The zero-order chi connectivity index (χ0) is 8.97. The molecule has 12 heavy (non-hydrogen) atoms. The van der Waals surface area contributed by atoms with Crippen molar-refractivity contribution in [1.82, 2.24) is 4.90 Å². The number of hydrogen-bond acceptors (Lipinski definition) is 3. The van der Waals surface area contributed by atoms with Crippen molar-refractivity contribution in [3.8, 4) is 0 Å². The largest absolute Gasteiger partial charge is 0.392 e. The number of hydrogen-bond donors (Lipinski definition) is 1. The van der Waals surface area contributed by atoms with Gasteiger partial charge in [-0.1, -0.05) is 0 Å². The maximum absolute atomic E-state index is 9.45. The van der Waals surface area contributed by atoms with Crippen LogP contribution < -0.4 is 0 Å². The SMILES string of the molecule is CSCCN1C[C@@H](O)CC[C@@H]1C. The van der Waals surface area contributed by atoms with Crippen LogP contribution in [0.5, 0.6) is 0 Å². The fourth-order valence-corrected chi connectivity index (χ4v) is 2.10. The number of aliphatic hydroxyl groups excluding tert-OH is 1. The van der Waals surface area contributed by atoms with Crippen LogP contribution in [0.25, 0.3) is 0 Å². The van der Waals surface area contributed by atoms with Crippen LogP contribution in [0.1, 0.15) is 19.8 Å². The summed E-state index contributed by atoms with van der Waals surface area (Å²) in [6.07, 6.45) is 4.18. The van der Waals surface area contributed by atoms with Crippen molar-refractivity contribution in [2.45, 2.75) is 31.9 Å². The monoisotopic (exact) mass is 189 g/mol. The third-order valence-corrected chi connectivity index (χ3v) is 3.16. The quantitative estimate of drug-likeness (QED) is 0.721. The van der Waals surface area contributed by atoms with Crippen molar-refractivity contribution in [2.75, 3.05) is 25.1 Å². The number of piperidine rings is 1. The van der Waals surface area contributed by atoms with E-state index in [9.17, 15) is 5.11 Å². The molecule has 0 spiro atoms. The molecule has 1 saturated heterocycles. The van der Waals surface area contributed by atoms with Crippen LogP contribution in [0.3, 0.4) is 0 Å². The molecule has 2 atom stereocenters. The van der Waals surface area contributed by atoms with Crippen molar-refractivity contribution in [2.24, 2.45) is 0 Å². The Labute approximate surface area is 79.3 Å². The van der Waals surface area contributed by atoms with Gasteiger partial charge in [0.1, 0.15) is 0 Å². The molecular formula is C9H19NOS. The van der Waals surface area contributed by atoms with E-state index in [1.54, 1.807) is 0 Å². The van der Waals surface area contributed by atoms with Gasteiger partial charge >= 0.3 is 0 Å². The van der Waals surface area contributed by atoms with E-state index in [-0.39, 0.29) is 6.10 Å². The van der Waals surface area contributed by atoms with Gasteiger partial charge in [-0.05, 0) is 26.0 Å². The summed E-state index contributed by atoms with van der Waals surface area (Å²) >= 11 is 1.88. The number of β-amino-alcohol motifs (C(OH)–C–C–N with tert-alkyl or cyclic N) is 1. The summed E-state index contributed by atoms with van der Waals surface area (Å²) in [7, 11) is 0. The summed E-state index contributed by atoms with van der Waals surface area (Å²) in [6, 6.07) is 0.667. The zero-order valence-electron chi connectivity index (χ0n) is 7.99. The van der Waals surface area contributed by atoms with Gasteiger partial charge in [-0.25, -0.2) is 0 Å². The van der Waals surface area contributed by atoms with Crippen LogP contribution in [0, 0.1) is 0 Å². The van der Waals surface area contributed by atoms with Crippen molar-refractivity contribution in [3.05, 3.63) is 0 Å². The van der Waals surface area contributed by atoms with Gasteiger partial charge in [0.25, 0.3) is 0 Å². The Balaban J connectivity index is 2.28. The first-order chi connectivity index (χ1) is 5.74. The van der Waals surface area contributed by atoms with Gasteiger partial charge in [-0.15, -0.1) is 0 Å². The molecule has 1 aliphatic rings. The molecule has 0 aromatic rings. The van der Waals surface area contributed by atoms with Gasteiger partial charge < -0.3 is 5.11 Å². The van der Waals surface area contributed by atoms with E-state index in [2.05, 4.69) is 18.1 Å². The molecule has 3 heteroatoms. The second-order valence-corrected chi connectivity index (χ2v) is 4.55. The molecule has 0 amide bonds. The lowest BCUT2D eigenvalue weighted by Gasteiger charge is -2.35. The van der Waals surface area contributed by atoms with Crippen LogP contribution in [-0.4, -0.2) is 47.3 Å². The molecule has 0 radical (unpaired) electrons. The third-order valence-electron chi connectivity index (χ3n) is 2.57. The summed E-state index contributed by atoms with van der Waals surface area (Å²) < 4.78 is 0. The smallest absolute Gasteiger partial charge is 0.0667 e. The number of nitrogens with zero attached hydrogens (tertiary/aromatic N) is 1. The Morgan fingerprint density at radius 3 is 2.92 bits per heavy atom. The van der Waals surface area contributed by atoms with E-state index in [1.165, 1.54) is 5.75 Å². The summed E-state index contributed by atoms with van der Waals surface area (Å²) in [6.45, 7) is 4.26. The zero-order valence-corrected chi connectivity index (χ0v) is 8.81. The summed E-state index contributed by atoms with van der Waals surface area (Å²) in [5.74, 6) is 1.18. The maximum Gasteiger partial charge on any atom is 0.0667 e. The van der Waals surface area contributed by atoms with Crippen LogP contribution in [0.15, 0.2) is 0 Å². The van der Waals surface area contributed by atoms with Crippen molar-refractivity contribution < 1.29 is 5.11 Å². The topological polar surface area (TPSA) is 23.5 Å². The highest BCUT2D eigenvalue weighted by atomic mass is 32.2. The minimum Gasteiger partial charge on any atom is -0.392 e. The molecule has 1 aliphatic heterocycles. The predicted molar refractivity (Wildman–Crippen MR) is 54.7 cm³/mol. The van der Waals surface area contributed by atoms with Gasteiger partial charge in [0.2, 0.25) is 0 Å². The van der Waals surface area contributed by atoms with Gasteiger partial charge in [0.05, 0.1) is 6.10 Å². The fraction of sp³-hybridized carbons (Fsp3) is 1.00. The number of rotatable bonds is 3. The first kappa shape index (κ1) is 10.4. The molecule has 1 fully saturated rings. The van der Waals surface area contributed by atoms with Crippen molar-refractivity contribution >= 4 is 11.8 Å². The number of aliphatic hydroxyl groups is 1. The van der Waals surface area contributed by atoms with Crippen LogP contribution >= 0.6 is 11.8 Å². The highest BCUT2D eigenvalue weighted by Gasteiger charge is 2.22. The standard InChI is InChI=1S/C9H19NOS/c1-8-3-4-9(11)7-10(8)5-6-12-2/h8-9,11H,3-7H2,1-2H3/t8-,9-/m0/s1. The Bertz CT molecular complexity index is 132. The summed E-state index contributed by atoms with van der Waals surface area (Å²) in [5, 5.41) is 9.45. The first-order valence-corrected chi connectivity index (χ1v) is 6.04. The maximum atomic E-state index is 9.45. The van der Waals surface area contributed by atoms with E-state index in [4.69, 9.17) is 0 Å². The predicted octanol–water partition coefficient (Wildman–Crippen LogP) is 1.19. The van der Waals surface area contributed by atoms with E-state index in [0.29, 0.717) is 6.04 Å². The van der Waals surface area contributed by atoms with Gasteiger partial charge in [-0.3, -0.25) is 4.90 Å². The van der Waals surface area contributed by atoms with E-state index in [1.807, 2.05) is 11.8 Å². The van der Waals surface area contributed by atoms with Crippen LogP contribution in [-0.2, 0) is 0 Å². The average Bonchev–Trinajstić information content (AvgIpc) is 2.07. The highest BCUT2D eigenvalue weighted by molar-refractivity contribution is 7.98. The average molecular weight is 189 g/mol. The Hall–Kier alpha value is 0.270. The molecule has 72 valence electrons. The Kier molecular flexibility index (Phi) is 4.40. The Morgan fingerprint density at radius 1 is 1.50 bits per heavy atom. The molecular weight excluding hydrogens is 170 g/mol. The van der Waals surface area contributed by atoms with Gasteiger partial charge in [0, 0.05) is 24.9 Å². The minimum atomic E-state index is -0.0805. The van der Waals surface area contributed by atoms with Crippen molar-refractivity contribution in [1.29, 1.82) is 0 Å². The summed E-state index contributed by atoms with van der Waals surface area (Å²) in [4.78, 5) is 2.39. The molecule has 0 aromatic carbocycles. The number of thioether (sulfide) groups is 1. The molecule has 0 unspecified atom stereocenters. The molecule has 0 aromatic heterocycles.